The molecule has 4 nitrogen and oxygen atoms in total. The van der Waals surface area contributed by atoms with Crippen LogP contribution in [0, 0.1) is 11.8 Å². The first kappa shape index (κ1) is 13.9. The van der Waals surface area contributed by atoms with Gasteiger partial charge >= 0.3 is 0 Å². The van der Waals surface area contributed by atoms with Gasteiger partial charge in [0.05, 0.1) is 7.11 Å². The maximum Gasteiger partial charge on any atom is 0.162 e. The van der Waals surface area contributed by atoms with Crippen molar-refractivity contribution in [2.75, 3.05) is 13.7 Å². The minimum Gasteiger partial charge on any atom is -0.493 e. The highest BCUT2D eigenvalue weighted by molar-refractivity contribution is 5.43. The largest absolute Gasteiger partial charge is 0.493 e. The van der Waals surface area contributed by atoms with E-state index in [-0.39, 0.29) is 0 Å². The number of hydrogen-bond donors (Lipinski definition) is 0. The first-order valence-corrected chi connectivity index (χ1v) is 5.65. The lowest BCUT2D eigenvalue weighted by Crippen LogP contribution is -1.98. The van der Waals surface area contributed by atoms with Crippen molar-refractivity contribution in [1.29, 1.82) is 0 Å². The van der Waals surface area contributed by atoms with Crippen molar-refractivity contribution in [2.45, 2.75) is 20.0 Å². The second-order valence-corrected chi connectivity index (χ2v) is 3.38. The molecule has 0 fully saturated rings. The molecule has 0 aliphatic carbocycles. The summed E-state index contributed by atoms with van der Waals surface area (Å²) in [5.41, 5.74) is 0.936. The molecular formula is C14H17NO3. The summed E-state index contributed by atoms with van der Waals surface area (Å²) in [6.07, 6.45) is 0.825. The topological polar surface area (TPSA) is 40.0 Å². The van der Waals surface area contributed by atoms with Gasteiger partial charge in [-0.1, -0.05) is 18.9 Å². The normalized spacial score (nSPS) is 9.00. The third-order valence-corrected chi connectivity index (χ3v) is 2.15. The predicted molar refractivity (Wildman–Crippen MR) is 70.9 cm³/mol. The maximum absolute atomic E-state index is 5.51. The van der Waals surface area contributed by atoms with Gasteiger partial charge in [-0.15, -0.1) is 11.1 Å². The van der Waals surface area contributed by atoms with E-state index in [4.69, 9.17) is 14.3 Å². The van der Waals surface area contributed by atoms with Crippen LogP contribution < -0.4 is 9.47 Å². The second kappa shape index (κ2) is 8.02. The van der Waals surface area contributed by atoms with Crippen LogP contribution in [0.2, 0.25) is 0 Å². The lowest BCUT2D eigenvalue weighted by molar-refractivity contribution is 0.133. The minimum atomic E-state index is 0.355. The van der Waals surface area contributed by atoms with E-state index < -0.39 is 0 Å². The molecule has 1 aromatic rings. The fourth-order valence-electron chi connectivity index (χ4n) is 1.33. The molecule has 0 unspecified atom stereocenters. The van der Waals surface area contributed by atoms with Gasteiger partial charge in [0.25, 0.3) is 0 Å². The average molecular weight is 247 g/mol. The fourth-order valence-corrected chi connectivity index (χ4v) is 1.33. The average Bonchev–Trinajstić information content (AvgIpc) is 2.42. The Morgan fingerprint density at radius 1 is 1.28 bits per heavy atom. The summed E-state index contributed by atoms with van der Waals surface area (Å²) in [7, 11) is 1.59. The zero-order valence-electron chi connectivity index (χ0n) is 10.7. The van der Waals surface area contributed by atoms with Crippen LogP contribution in [0.3, 0.4) is 0 Å². The van der Waals surface area contributed by atoms with Gasteiger partial charge in [-0.2, -0.15) is 0 Å². The van der Waals surface area contributed by atoms with Crippen LogP contribution in [0.15, 0.2) is 23.4 Å². The second-order valence-electron chi connectivity index (χ2n) is 3.38. The van der Waals surface area contributed by atoms with Gasteiger partial charge in [0.1, 0.15) is 13.2 Å². The zero-order valence-corrected chi connectivity index (χ0v) is 10.7. The molecule has 0 spiro atoms. The number of hydrogen-bond acceptors (Lipinski definition) is 4. The molecule has 0 bridgehead atoms. The molecule has 96 valence electrons. The molecule has 1 rings (SSSR count). The molecule has 0 radical (unpaired) electrons. The summed E-state index contributed by atoms with van der Waals surface area (Å²) in [6, 6.07) is 5.55. The standard InChI is InChI=1S/C14H17NO3/c1-4-5-6-9-17-13-8-7-12(11-18-15-2)10-14(13)16-3/h7-8,10H,2,4,9,11H2,1,3H3. The van der Waals surface area contributed by atoms with Gasteiger partial charge in [-0.05, 0) is 17.7 Å². The Bertz CT molecular complexity index is 446. The Hall–Kier alpha value is -2.15. The fraction of sp³-hybridized carbons (Fsp3) is 0.357. The lowest BCUT2D eigenvalue weighted by atomic mass is 10.2. The summed E-state index contributed by atoms with van der Waals surface area (Å²) in [4.78, 5) is 4.87. The van der Waals surface area contributed by atoms with E-state index >= 15 is 0 Å². The number of benzene rings is 1. The van der Waals surface area contributed by atoms with Crippen LogP contribution in [0.25, 0.3) is 0 Å². The van der Waals surface area contributed by atoms with Gasteiger partial charge in [-0.3, -0.25) is 0 Å². The van der Waals surface area contributed by atoms with Crippen molar-refractivity contribution in [3.8, 4) is 23.3 Å². The van der Waals surface area contributed by atoms with Crippen molar-refractivity contribution in [3.63, 3.8) is 0 Å². The SMILES string of the molecule is C=NOCc1ccc(OCC#CCC)c(OC)c1. The maximum atomic E-state index is 5.51. The molecule has 0 saturated carbocycles. The molecule has 0 aromatic heterocycles. The molecule has 18 heavy (non-hydrogen) atoms. The zero-order chi connectivity index (χ0) is 13.2. The van der Waals surface area contributed by atoms with Gasteiger partial charge in [0.2, 0.25) is 0 Å². The van der Waals surface area contributed by atoms with E-state index in [0.29, 0.717) is 24.7 Å². The summed E-state index contributed by atoms with van der Waals surface area (Å²) in [6.45, 7) is 5.96. The summed E-state index contributed by atoms with van der Waals surface area (Å²) < 4.78 is 10.8. The van der Waals surface area contributed by atoms with Crippen molar-refractivity contribution in [1.82, 2.24) is 0 Å². The molecule has 0 aliphatic heterocycles. The van der Waals surface area contributed by atoms with E-state index in [0.717, 1.165) is 12.0 Å². The number of nitrogens with zero attached hydrogens (tertiary/aromatic N) is 1. The molecule has 0 atom stereocenters. The van der Waals surface area contributed by atoms with Crippen LogP contribution in [-0.4, -0.2) is 20.4 Å². The number of oxime groups is 1. The predicted octanol–water partition coefficient (Wildman–Crippen LogP) is 2.62. The third kappa shape index (κ3) is 4.38. The summed E-state index contributed by atoms with van der Waals surface area (Å²) in [5.74, 6) is 7.16. The van der Waals surface area contributed by atoms with Gasteiger partial charge < -0.3 is 14.3 Å². The number of ether oxygens (including phenoxy) is 2. The quantitative estimate of drug-likeness (QED) is 0.441. The van der Waals surface area contributed by atoms with Crippen molar-refractivity contribution >= 4 is 6.72 Å². The number of rotatable bonds is 6. The highest BCUT2D eigenvalue weighted by Gasteiger charge is 2.05. The Morgan fingerprint density at radius 2 is 2.11 bits per heavy atom. The van der Waals surface area contributed by atoms with Crippen LogP contribution in [-0.2, 0) is 11.4 Å². The van der Waals surface area contributed by atoms with E-state index in [9.17, 15) is 0 Å². The highest BCUT2D eigenvalue weighted by atomic mass is 16.6. The Kier molecular flexibility index (Phi) is 6.20. The molecule has 1 aromatic carbocycles. The Balaban J connectivity index is 2.70. The van der Waals surface area contributed by atoms with Gasteiger partial charge in [0.15, 0.2) is 11.5 Å². The van der Waals surface area contributed by atoms with Crippen molar-refractivity contribution in [3.05, 3.63) is 23.8 Å². The van der Waals surface area contributed by atoms with Crippen LogP contribution in [0.5, 0.6) is 11.5 Å². The van der Waals surface area contributed by atoms with E-state index in [1.54, 1.807) is 7.11 Å². The molecule has 4 heteroatoms. The van der Waals surface area contributed by atoms with Crippen molar-refractivity contribution in [2.24, 2.45) is 5.16 Å². The first-order chi connectivity index (χ1) is 8.81. The third-order valence-electron chi connectivity index (χ3n) is 2.15. The van der Waals surface area contributed by atoms with Crippen LogP contribution in [0.1, 0.15) is 18.9 Å². The summed E-state index contributed by atoms with van der Waals surface area (Å²) >= 11 is 0. The monoisotopic (exact) mass is 247 g/mol. The molecule has 0 N–H and O–H groups in total. The smallest absolute Gasteiger partial charge is 0.162 e. The van der Waals surface area contributed by atoms with Crippen LogP contribution >= 0.6 is 0 Å². The summed E-state index contributed by atoms with van der Waals surface area (Å²) in [5, 5.41) is 3.34. The number of methoxy groups -OCH3 is 1. The van der Waals surface area contributed by atoms with Crippen LogP contribution in [0.4, 0.5) is 0 Å². The molecule has 0 saturated heterocycles. The Labute approximate surface area is 108 Å². The van der Waals surface area contributed by atoms with E-state index in [1.165, 1.54) is 0 Å². The van der Waals surface area contributed by atoms with Gasteiger partial charge in [-0.25, -0.2) is 0 Å². The highest BCUT2D eigenvalue weighted by Crippen LogP contribution is 2.28. The van der Waals surface area contributed by atoms with E-state index in [2.05, 4.69) is 23.7 Å². The lowest BCUT2D eigenvalue weighted by Gasteiger charge is -2.10. The van der Waals surface area contributed by atoms with Gasteiger partial charge in [0, 0.05) is 13.1 Å². The first-order valence-electron chi connectivity index (χ1n) is 5.65. The molecule has 0 amide bonds. The minimum absolute atomic E-state index is 0.355. The molecular weight excluding hydrogens is 230 g/mol. The van der Waals surface area contributed by atoms with Crippen molar-refractivity contribution < 1.29 is 14.3 Å². The Morgan fingerprint density at radius 3 is 2.78 bits per heavy atom. The van der Waals surface area contributed by atoms with E-state index in [1.807, 2.05) is 25.1 Å². The molecule has 0 aliphatic rings. The molecule has 0 heterocycles.